The van der Waals surface area contributed by atoms with Crippen LogP contribution in [0.15, 0.2) is 54.9 Å². The summed E-state index contributed by atoms with van der Waals surface area (Å²) in [4.78, 5) is 19.3. The maximum atomic E-state index is 6.12. The lowest BCUT2D eigenvalue weighted by atomic mass is 10.0. The first kappa shape index (κ1) is 20.5. The van der Waals surface area contributed by atoms with Gasteiger partial charge in [-0.25, -0.2) is 15.0 Å². The molecule has 0 bridgehead atoms. The molecule has 0 radical (unpaired) electrons. The summed E-state index contributed by atoms with van der Waals surface area (Å²) >= 11 is 0. The number of H-pyrrole nitrogens is 1. The van der Waals surface area contributed by atoms with Crippen LogP contribution in [0.3, 0.4) is 0 Å². The molecular weight excluding hydrogens is 426 g/mol. The largest absolute Gasteiger partial charge is 0.496 e. The fourth-order valence-corrected chi connectivity index (χ4v) is 4.72. The van der Waals surface area contributed by atoms with Gasteiger partial charge in [0, 0.05) is 23.6 Å². The Morgan fingerprint density at radius 3 is 2.71 bits per heavy atom. The summed E-state index contributed by atoms with van der Waals surface area (Å²) in [6.45, 7) is 6.04. The first-order valence-electron chi connectivity index (χ1n) is 11.4. The fraction of sp³-hybridized carbons (Fsp3) is 0.222. The van der Waals surface area contributed by atoms with Crippen LogP contribution in [0.25, 0.3) is 33.1 Å². The number of ether oxygens (including phenoxy) is 2. The highest BCUT2D eigenvalue weighted by atomic mass is 16.5. The Labute approximate surface area is 197 Å². The van der Waals surface area contributed by atoms with E-state index in [1.165, 1.54) is 0 Å². The Morgan fingerprint density at radius 2 is 1.82 bits per heavy atom. The van der Waals surface area contributed by atoms with Gasteiger partial charge in [-0.3, -0.25) is 0 Å². The number of aromatic nitrogens is 4. The predicted molar refractivity (Wildman–Crippen MR) is 134 cm³/mol. The van der Waals surface area contributed by atoms with Gasteiger partial charge in [0.2, 0.25) is 0 Å². The van der Waals surface area contributed by atoms with Crippen molar-refractivity contribution in [2.45, 2.75) is 20.4 Å². The fourth-order valence-electron chi connectivity index (χ4n) is 4.72. The minimum atomic E-state index is 0.590. The monoisotopic (exact) mass is 451 g/mol. The summed E-state index contributed by atoms with van der Waals surface area (Å²) in [5.74, 6) is 3.58. The van der Waals surface area contributed by atoms with Gasteiger partial charge in [0.05, 0.1) is 30.2 Å². The highest BCUT2D eigenvalue weighted by molar-refractivity contribution is 5.91. The number of anilines is 1. The van der Waals surface area contributed by atoms with E-state index in [2.05, 4.69) is 67.3 Å². The number of aromatic amines is 1. The minimum absolute atomic E-state index is 0.590. The van der Waals surface area contributed by atoms with Crippen LogP contribution in [0.5, 0.6) is 11.5 Å². The molecule has 0 aliphatic carbocycles. The van der Waals surface area contributed by atoms with Crippen molar-refractivity contribution in [1.29, 1.82) is 0 Å². The highest BCUT2D eigenvalue weighted by Gasteiger charge is 2.20. The van der Waals surface area contributed by atoms with Gasteiger partial charge in [-0.1, -0.05) is 12.1 Å². The van der Waals surface area contributed by atoms with Gasteiger partial charge in [-0.15, -0.1) is 0 Å². The summed E-state index contributed by atoms with van der Waals surface area (Å²) in [6.07, 6.45) is 1.62. The maximum Gasteiger partial charge on any atom is 0.140 e. The van der Waals surface area contributed by atoms with Crippen LogP contribution in [-0.2, 0) is 6.54 Å². The smallest absolute Gasteiger partial charge is 0.140 e. The number of methoxy groups -OCH3 is 1. The van der Waals surface area contributed by atoms with E-state index >= 15 is 0 Å². The maximum absolute atomic E-state index is 6.12. The van der Waals surface area contributed by atoms with Crippen molar-refractivity contribution in [2.24, 2.45) is 0 Å². The van der Waals surface area contributed by atoms with Gasteiger partial charge in [0.1, 0.15) is 36.1 Å². The second-order valence-corrected chi connectivity index (χ2v) is 8.68. The molecule has 0 atom stereocenters. The van der Waals surface area contributed by atoms with Gasteiger partial charge < -0.3 is 19.4 Å². The number of hydrogen-bond acceptors (Lipinski definition) is 6. The number of fused-ring (bicyclic) bond motifs is 3. The van der Waals surface area contributed by atoms with Crippen LogP contribution in [-0.4, -0.2) is 40.2 Å². The third kappa shape index (κ3) is 3.50. The second kappa shape index (κ2) is 8.02. The molecule has 3 aromatic carbocycles. The molecule has 1 aliphatic heterocycles. The molecular formula is C27H25N5O2. The van der Waals surface area contributed by atoms with E-state index in [-0.39, 0.29) is 0 Å². The highest BCUT2D eigenvalue weighted by Crippen LogP contribution is 2.34. The summed E-state index contributed by atoms with van der Waals surface area (Å²) in [5, 5.41) is 1.01. The van der Waals surface area contributed by atoms with E-state index in [0.717, 1.165) is 73.9 Å². The zero-order valence-electron chi connectivity index (χ0n) is 19.4. The minimum Gasteiger partial charge on any atom is -0.496 e. The van der Waals surface area contributed by atoms with Crippen molar-refractivity contribution in [1.82, 2.24) is 19.9 Å². The molecule has 7 heteroatoms. The summed E-state index contributed by atoms with van der Waals surface area (Å²) in [6, 6.07) is 16.8. The van der Waals surface area contributed by atoms with E-state index in [0.29, 0.717) is 13.2 Å². The standard InChI is InChI=1S/C27H25N5O2/c1-16-10-21-23(13-26(16)33-3)28-15-29-27(21)32-8-9-34-25-7-5-18(11-20(25)14-32)19-4-6-22-24(12-19)31-17(2)30-22/h4-7,10-13,15H,8-9,14H2,1-3H3,(H,30,31). The summed E-state index contributed by atoms with van der Waals surface area (Å²) in [5.41, 5.74) is 7.37. The predicted octanol–water partition coefficient (Wildman–Crippen LogP) is 5.20. The molecule has 0 saturated carbocycles. The molecule has 0 saturated heterocycles. The van der Waals surface area contributed by atoms with Crippen LogP contribution in [0, 0.1) is 13.8 Å². The van der Waals surface area contributed by atoms with Crippen molar-refractivity contribution < 1.29 is 9.47 Å². The van der Waals surface area contributed by atoms with Gasteiger partial charge >= 0.3 is 0 Å². The third-order valence-corrected chi connectivity index (χ3v) is 6.40. The Bertz CT molecular complexity index is 1540. The lowest BCUT2D eigenvalue weighted by Gasteiger charge is -2.22. The Morgan fingerprint density at radius 1 is 0.971 bits per heavy atom. The Kier molecular flexibility index (Phi) is 4.83. The summed E-state index contributed by atoms with van der Waals surface area (Å²) < 4.78 is 11.6. The molecule has 1 N–H and O–H groups in total. The number of benzene rings is 3. The van der Waals surface area contributed by atoms with Crippen molar-refractivity contribution in [3.05, 3.63) is 71.8 Å². The molecule has 34 heavy (non-hydrogen) atoms. The number of imidazole rings is 1. The molecule has 1 aliphatic rings. The average Bonchev–Trinajstić information content (AvgIpc) is 3.09. The first-order chi connectivity index (χ1) is 16.6. The zero-order valence-corrected chi connectivity index (χ0v) is 19.4. The normalized spacial score (nSPS) is 13.6. The van der Waals surface area contributed by atoms with Gasteiger partial charge in [-0.2, -0.15) is 0 Å². The van der Waals surface area contributed by atoms with E-state index < -0.39 is 0 Å². The third-order valence-electron chi connectivity index (χ3n) is 6.40. The van der Waals surface area contributed by atoms with Crippen LogP contribution in [0.2, 0.25) is 0 Å². The Hall–Kier alpha value is -4.13. The quantitative estimate of drug-likeness (QED) is 0.406. The van der Waals surface area contributed by atoms with Gasteiger partial charge in [0.25, 0.3) is 0 Å². The van der Waals surface area contributed by atoms with Crippen LogP contribution in [0.4, 0.5) is 5.82 Å². The molecule has 0 spiro atoms. The number of hydrogen-bond donors (Lipinski definition) is 1. The molecule has 0 unspecified atom stereocenters. The van der Waals surface area contributed by atoms with E-state index in [1.807, 2.05) is 19.9 Å². The van der Waals surface area contributed by atoms with Gasteiger partial charge in [0.15, 0.2) is 0 Å². The van der Waals surface area contributed by atoms with E-state index in [9.17, 15) is 0 Å². The number of nitrogens with zero attached hydrogens (tertiary/aromatic N) is 4. The number of nitrogens with one attached hydrogen (secondary N) is 1. The number of aryl methyl sites for hydroxylation is 2. The lowest BCUT2D eigenvalue weighted by Crippen LogP contribution is -2.26. The van der Waals surface area contributed by atoms with Crippen LogP contribution >= 0.6 is 0 Å². The van der Waals surface area contributed by atoms with Crippen molar-refractivity contribution in [2.75, 3.05) is 25.2 Å². The molecule has 0 amide bonds. The number of rotatable bonds is 3. The Balaban J connectivity index is 1.39. The van der Waals surface area contributed by atoms with Crippen molar-refractivity contribution in [3.63, 3.8) is 0 Å². The van der Waals surface area contributed by atoms with E-state index in [1.54, 1.807) is 13.4 Å². The van der Waals surface area contributed by atoms with Crippen molar-refractivity contribution >= 4 is 27.8 Å². The van der Waals surface area contributed by atoms with Crippen molar-refractivity contribution in [3.8, 4) is 22.6 Å². The molecule has 170 valence electrons. The zero-order chi connectivity index (χ0) is 23.2. The van der Waals surface area contributed by atoms with Crippen LogP contribution < -0.4 is 14.4 Å². The SMILES string of the molecule is COc1cc2ncnc(N3CCOc4ccc(-c5ccc6nc(C)[nH]c6c5)cc4C3)c2cc1C. The second-order valence-electron chi connectivity index (χ2n) is 8.68. The lowest BCUT2D eigenvalue weighted by molar-refractivity contribution is 0.331. The molecule has 2 aromatic heterocycles. The molecule has 7 nitrogen and oxygen atoms in total. The summed E-state index contributed by atoms with van der Waals surface area (Å²) in [7, 11) is 1.68. The molecule has 3 heterocycles. The molecule has 6 rings (SSSR count). The molecule has 0 fully saturated rings. The van der Waals surface area contributed by atoms with Gasteiger partial charge in [-0.05, 0) is 60.9 Å². The van der Waals surface area contributed by atoms with E-state index in [4.69, 9.17) is 9.47 Å². The van der Waals surface area contributed by atoms with Crippen LogP contribution in [0.1, 0.15) is 17.0 Å². The molecule has 5 aromatic rings. The first-order valence-corrected chi connectivity index (χ1v) is 11.4. The topological polar surface area (TPSA) is 76.2 Å². The average molecular weight is 452 g/mol.